The molecule has 2 amide bonds. The molecule has 2 rings (SSSR count). The Balaban J connectivity index is 1.84. The summed E-state index contributed by atoms with van der Waals surface area (Å²) in [6, 6.07) is 14.4. The van der Waals surface area contributed by atoms with Crippen molar-refractivity contribution in [1.82, 2.24) is 5.32 Å². The van der Waals surface area contributed by atoms with Crippen molar-refractivity contribution in [3.8, 4) is 5.75 Å². The number of rotatable bonds is 6. The van der Waals surface area contributed by atoms with Crippen molar-refractivity contribution in [2.24, 2.45) is 0 Å². The first-order valence-electron chi connectivity index (χ1n) is 8.01. The molecule has 0 spiro atoms. The fraction of sp³-hybridized carbons (Fsp3) is 0.316. The van der Waals surface area contributed by atoms with Gasteiger partial charge in [-0.1, -0.05) is 24.3 Å². The van der Waals surface area contributed by atoms with Crippen LogP contribution in [0.5, 0.6) is 5.75 Å². The summed E-state index contributed by atoms with van der Waals surface area (Å²) in [4.78, 5) is 11.9. The van der Waals surface area contributed by atoms with Crippen LogP contribution in [0, 0.1) is 6.92 Å². The number of aliphatic hydroxyl groups excluding tert-OH is 1. The van der Waals surface area contributed by atoms with Crippen molar-refractivity contribution in [2.75, 3.05) is 11.9 Å². The van der Waals surface area contributed by atoms with Gasteiger partial charge in [-0.15, -0.1) is 0 Å². The van der Waals surface area contributed by atoms with Gasteiger partial charge in [0.05, 0.1) is 12.2 Å². The number of carbonyl (C=O) groups excluding carboxylic acids is 1. The molecular weight excluding hydrogens is 304 g/mol. The molecule has 0 bridgehead atoms. The number of nitrogens with one attached hydrogen (secondary N) is 2. The second kappa shape index (κ2) is 8.36. The van der Waals surface area contributed by atoms with Gasteiger partial charge in [0.25, 0.3) is 0 Å². The van der Waals surface area contributed by atoms with Gasteiger partial charge >= 0.3 is 6.03 Å². The minimum Gasteiger partial charge on any atom is -0.491 e. The number of urea groups is 1. The van der Waals surface area contributed by atoms with Gasteiger partial charge in [0.1, 0.15) is 5.75 Å². The van der Waals surface area contributed by atoms with Gasteiger partial charge in [0, 0.05) is 12.2 Å². The molecule has 3 N–H and O–H groups in total. The summed E-state index contributed by atoms with van der Waals surface area (Å²) in [7, 11) is 0. The zero-order valence-corrected chi connectivity index (χ0v) is 14.2. The summed E-state index contributed by atoms with van der Waals surface area (Å²) >= 11 is 0. The average molecular weight is 328 g/mol. The maximum atomic E-state index is 11.9. The standard InChI is InChI=1S/C19H24N2O3/c1-13(2)24-16-10-8-15(9-11-16)21-19(23)20-12-18(22)17-7-5-4-6-14(17)3/h4-11,13,18,22H,12H2,1-3H3,(H2,20,21,23). The second-order valence-electron chi connectivity index (χ2n) is 5.90. The Hall–Kier alpha value is -2.53. The first-order chi connectivity index (χ1) is 11.5. The monoisotopic (exact) mass is 328 g/mol. The summed E-state index contributed by atoms with van der Waals surface area (Å²) in [6.07, 6.45) is -0.631. The van der Waals surface area contributed by atoms with Crippen molar-refractivity contribution in [3.63, 3.8) is 0 Å². The molecule has 2 aromatic carbocycles. The predicted molar refractivity (Wildman–Crippen MR) is 95.4 cm³/mol. The molecule has 5 nitrogen and oxygen atoms in total. The van der Waals surface area contributed by atoms with E-state index in [4.69, 9.17) is 4.74 Å². The topological polar surface area (TPSA) is 70.6 Å². The molecule has 0 aliphatic carbocycles. The minimum absolute atomic E-state index is 0.107. The molecule has 0 heterocycles. The Kier molecular flexibility index (Phi) is 6.21. The van der Waals surface area contributed by atoms with E-state index in [1.807, 2.05) is 45.0 Å². The molecule has 0 saturated carbocycles. The zero-order chi connectivity index (χ0) is 17.5. The highest BCUT2D eigenvalue weighted by molar-refractivity contribution is 5.89. The molecule has 0 radical (unpaired) electrons. The van der Waals surface area contributed by atoms with Gasteiger partial charge in [-0.25, -0.2) is 4.79 Å². The quantitative estimate of drug-likeness (QED) is 0.758. The number of aliphatic hydroxyl groups is 1. The maximum Gasteiger partial charge on any atom is 0.319 e. The lowest BCUT2D eigenvalue weighted by Gasteiger charge is -2.15. The Bertz CT molecular complexity index is 669. The van der Waals surface area contributed by atoms with E-state index >= 15 is 0 Å². The van der Waals surface area contributed by atoms with Crippen LogP contribution in [0.2, 0.25) is 0 Å². The van der Waals surface area contributed by atoms with E-state index in [0.717, 1.165) is 16.9 Å². The van der Waals surface area contributed by atoms with Crippen molar-refractivity contribution >= 4 is 11.7 Å². The van der Waals surface area contributed by atoms with Crippen LogP contribution in [0.1, 0.15) is 31.1 Å². The smallest absolute Gasteiger partial charge is 0.319 e. The summed E-state index contributed by atoms with van der Waals surface area (Å²) < 4.78 is 5.55. The number of anilines is 1. The molecule has 1 atom stereocenters. The number of hydrogen-bond donors (Lipinski definition) is 3. The predicted octanol–water partition coefficient (Wildman–Crippen LogP) is 3.64. The second-order valence-corrected chi connectivity index (χ2v) is 5.90. The number of amides is 2. The van der Waals surface area contributed by atoms with E-state index in [1.165, 1.54) is 0 Å². The van der Waals surface area contributed by atoms with Crippen LogP contribution in [-0.2, 0) is 0 Å². The van der Waals surface area contributed by atoms with Crippen LogP contribution in [0.3, 0.4) is 0 Å². The lowest BCUT2D eigenvalue weighted by atomic mass is 10.0. The van der Waals surface area contributed by atoms with Gasteiger partial charge < -0.3 is 20.5 Å². The summed E-state index contributed by atoms with van der Waals surface area (Å²) in [5, 5.41) is 15.6. The third-order valence-electron chi connectivity index (χ3n) is 3.49. The van der Waals surface area contributed by atoms with Crippen LogP contribution < -0.4 is 15.4 Å². The lowest BCUT2D eigenvalue weighted by molar-refractivity contribution is 0.174. The normalized spacial score (nSPS) is 11.9. The van der Waals surface area contributed by atoms with Crippen LogP contribution in [-0.4, -0.2) is 23.8 Å². The molecule has 0 fully saturated rings. The van der Waals surface area contributed by atoms with Gasteiger partial charge in [-0.3, -0.25) is 0 Å². The molecule has 2 aromatic rings. The SMILES string of the molecule is Cc1ccccc1C(O)CNC(=O)Nc1ccc(OC(C)C)cc1. The van der Waals surface area contributed by atoms with Crippen molar-refractivity contribution in [2.45, 2.75) is 33.0 Å². The van der Waals surface area contributed by atoms with Crippen molar-refractivity contribution < 1.29 is 14.6 Å². The highest BCUT2D eigenvalue weighted by Crippen LogP contribution is 2.18. The van der Waals surface area contributed by atoms with E-state index in [1.54, 1.807) is 24.3 Å². The average Bonchev–Trinajstić information content (AvgIpc) is 2.54. The highest BCUT2D eigenvalue weighted by atomic mass is 16.5. The van der Waals surface area contributed by atoms with E-state index < -0.39 is 6.10 Å². The number of ether oxygens (including phenoxy) is 1. The van der Waals surface area contributed by atoms with Gasteiger partial charge in [0.15, 0.2) is 0 Å². The summed E-state index contributed by atoms with van der Waals surface area (Å²) in [6.45, 7) is 5.99. The zero-order valence-electron chi connectivity index (χ0n) is 14.2. The van der Waals surface area contributed by atoms with Gasteiger partial charge in [-0.05, 0) is 56.2 Å². The van der Waals surface area contributed by atoms with Crippen LogP contribution in [0.15, 0.2) is 48.5 Å². The largest absolute Gasteiger partial charge is 0.491 e. The summed E-state index contributed by atoms with van der Waals surface area (Å²) in [5.41, 5.74) is 2.47. The molecule has 5 heteroatoms. The van der Waals surface area contributed by atoms with Crippen LogP contribution in [0.4, 0.5) is 10.5 Å². The number of carbonyl (C=O) groups is 1. The van der Waals surface area contributed by atoms with Gasteiger partial charge in [-0.2, -0.15) is 0 Å². The molecular formula is C19H24N2O3. The van der Waals surface area contributed by atoms with E-state index in [0.29, 0.717) is 5.69 Å². The molecule has 1 unspecified atom stereocenters. The minimum atomic E-state index is -0.737. The van der Waals surface area contributed by atoms with E-state index in [-0.39, 0.29) is 18.7 Å². The first kappa shape index (κ1) is 17.8. The van der Waals surface area contributed by atoms with E-state index in [9.17, 15) is 9.90 Å². The number of hydrogen-bond acceptors (Lipinski definition) is 3. The molecule has 24 heavy (non-hydrogen) atoms. The summed E-state index contributed by atoms with van der Waals surface area (Å²) in [5.74, 6) is 0.755. The van der Waals surface area contributed by atoms with Crippen LogP contribution >= 0.6 is 0 Å². The Morgan fingerprint density at radius 1 is 1.12 bits per heavy atom. The lowest BCUT2D eigenvalue weighted by Crippen LogP contribution is -2.32. The maximum absolute atomic E-state index is 11.9. The number of aryl methyl sites for hydroxylation is 1. The Morgan fingerprint density at radius 2 is 1.79 bits per heavy atom. The third kappa shape index (κ3) is 5.28. The Morgan fingerprint density at radius 3 is 2.42 bits per heavy atom. The molecule has 0 saturated heterocycles. The molecule has 128 valence electrons. The van der Waals surface area contributed by atoms with Crippen molar-refractivity contribution in [1.29, 1.82) is 0 Å². The van der Waals surface area contributed by atoms with Gasteiger partial charge in [0.2, 0.25) is 0 Å². The fourth-order valence-corrected chi connectivity index (χ4v) is 2.32. The first-order valence-corrected chi connectivity index (χ1v) is 8.01. The highest BCUT2D eigenvalue weighted by Gasteiger charge is 2.11. The van der Waals surface area contributed by atoms with E-state index in [2.05, 4.69) is 10.6 Å². The Labute approximate surface area is 142 Å². The molecule has 0 aliphatic rings. The molecule has 0 aromatic heterocycles. The molecule has 0 aliphatic heterocycles. The fourth-order valence-electron chi connectivity index (χ4n) is 2.32. The van der Waals surface area contributed by atoms with Crippen molar-refractivity contribution in [3.05, 3.63) is 59.7 Å². The third-order valence-corrected chi connectivity index (χ3v) is 3.49. The number of benzene rings is 2. The van der Waals surface area contributed by atoms with Crippen LogP contribution in [0.25, 0.3) is 0 Å².